The zero-order chi connectivity index (χ0) is 19.5. The van der Waals surface area contributed by atoms with Crippen molar-refractivity contribution in [1.29, 1.82) is 0 Å². The van der Waals surface area contributed by atoms with Crippen LogP contribution in [0.5, 0.6) is 0 Å². The number of likely N-dealkylation sites (tertiary alicyclic amines) is 1. The Morgan fingerprint density at radius 3 is 2.43 bits per heavy atom. The van der Waals surface area contributed by atoms with E-state index in [-0.39, 0.29) is 17.6 Å². The van der Waals surface area contributed by atoms with Crippen molar-refractivity contribution in [1.82, 2.24) is 25.1 Å². The SMILES string of the molecule is O=C(Nc1ccc(-n2nnc(C(=O)N3CCCC3)n2)cc1)c1ccccc1Br. The van der Waals surface area contributed by atoms with E-state index in [1.165, 1.54) is 4.80 Å². The standard InChI is InChI=1S/C19H17BrN6O2/c20-16-6-2-1-5-15(16)18(27)21-13-7-9-14(10-8-13)26-23-17(22-24-26)19(28)25-11-3-4-12-25/h1-2,5-10H,3-4,11-12H2,(H,21,27). The third-order valence-corrected chi connectivity index (χ3v) is 5.16. The Morgan fingerprint density at radius 2 is 1.71 bits per heavy atom. The lowest BCUT2D eigenvalue weighted by molar-refractivity contribution is 0.0780. The Morgan fingerprint density at radius 1 is 1.00 bits per heavy atom. The van der Waals surface area contributed by atoms with Gasteiger partial charge in [-0.1, -0.05) is 12.1 Å². The molecule has 0 bridgehead atoms. The first-order valence-electron chi connectivity index (χ1n) is 8.87. The predicted octanol–water partition coefficient (Wildman–Crippen LogP) is 2.91. The number of nitrogens with zero attached hydrogens (tertiary/aromatic N) is 5. The van der Waals surface area contributed by atoms with Crippen molar-refractivity contribution in [2.24, 2.45) is 0 Å². The van der Waals surface area contributed by atoms with E-state index < -0.39 is 0 Å². The highest BCUT2D eigenvalue weighted by Crippen LogP contribution is 2.19. The molecule has 28 heavy (non-hydrogen) atoms. The van der Waals surface area contributed by atoms with E-state index in [2.05, 4.69) is 36.7 Å². The van der Waals surface area contributed by atoms with Crippen molar-refractivity contribution in [2.45, 2.75) is 12.8 Å². The van der Waals surface area contributed by atoms with E-state index in [1.54, 1.807) is 41.3 Å². The molecule has 1 N–H and O–H groups in total. The lowest BCUT2D eigenvalue weighted by atomic mass is 10.2. The van der Waals surface area contributed by atoms with Gasteiger partial charge in [-0.05, 0) is 70.4 Å². The molecule has 2 heterocycles. The van der Waals surface area contributed by atoms with Gasteiger partial charge in [-0.2, -0.15) is 0 Å². The third kappa shape index (κ3) is 3.79. The zero-order valence-electron chi connectivity index (χ0n) is 14.9. The van der Waals surface area contributed by atoms with E-state index in [0.717, 1.165) is 30.4 Å². The average molecular weight is 441 g/mol. The highest BCUT2D eigenvalue weighted by Gasteiger charge is 2.23. The number of aromatic nitrogens is 4. The molecule has 9 heteroatoms. The van der Waals surface area contributed by atoms with Crippen LogP contribution in [-0.2, 0) is 0 Å². The molecule has 0 saturated carbocycles. The Hall–Kier alpha value is -3.07. The number of tetrazole rings is 1. The van der Waals surface area contributed by atoms with Crippen LogP contribution in [0, 0.1) is 0 Å². The van der Waals surface area contributed by atoms with Gasteiger partial charge in [0.1, 0.15) is 0 Å². The molecule has 3 aromatic rings. The van der Waals surface area contributed by atoms with Gasteiger partial charge in [0.2, 0.25) is 0 Å². The van der Waals surface area contributed by atoms with Crippen LogP contribution < -0.4 is 5.32 Å². The second kappa shape index (κ2) is 7.89. The van der Waals surface area contributed by atoms with E-state index in [4.69, 9.17) is 0 Å². The summed E-state index contributed by atoms with van der Waals surface area (Å²) >= 11 is 3.37. The minimum absolute atomic E-state index is 0.0909. The first-order valence-corrected chi connectivity index (χ1v) is 9.67. The highest BCUT2D eigenvalue weighted by molar-refractivity contribution is 9.10. The van der Waals surface area contributed by atoms with Crippen LogP contribution >= 0.6 is 15.9 Å². The normalized spacial score (nSPS) is 13.5. The molecule has 1 aromatic heterocycles. The van der Waals surface area contributed by atoms with E-state index in [9.17, 15) is 9.59 Å². The first kappa shape index (κ1) is 18.3. The molecule has 1 aliphatic rings. The van der Waals surface area contributed by atoms with Crippen LogP contribution in [0.2, 0.25) is 0 Å². The summed E-state index contributed by atoms with van der Waals surface area (Å²) < 4.78 is 0.728. The molecule has 0 aliphatic carbocycles. The molecular weight excluding hydrogens is 424 g/mol. The number of hydrogen-bond donors (Lipinski definition) is 1. The van der Waals surface area contributed by atoms with Gasteiger partial charge < -0.3 is 10.2 Å². The fraction of sp³-hybridized carbons (Fsp3) is 0.211. The molecule has 2 amide bonds. The number of benzene rings is 2. The average Bonchev–Trinajstić information content (AvgIpc) is 3.41. The van der Waals surface area contributed by atoms with Gasteiger partial charge in [0, 0.05) is 23.2 Å². The Balaban J connectivity index is 1.45. The smallest absolute Gasteiger partial charge is 0.295 e. The number of anilines is 1. The molecule has 0 spiro atoms. The summed E-state index contributed by atoms with van der Waals surface area (Å²) in [4.78, 5) is 27.7. The lowest BCUT2D eigenvalue weighted by Gasteiger charge is -2.11. The zero-order valence-corrected chi connectivity index (χ0v) is 16.5. The van der Waals surface area contributed by atoms with Crippen molar-refractivity contribution in [3.63, 3.8) is 0 Å². The molecule has 2 aromatic carbocycles. The second-order valence-corrected chi connectivity index (χ2v) is 7.24. The van der Waals surface area contributed by atoms with Crippen LogP contribution in [0.4, 0.5) is 5.69 Å². The van der Waals surface area contributed by atoms with E-state index in [1.807, 2.05) is 12.1 Å². The molecule has 0 radical (unpaired) electrons. The highest BCUT2D eigenvalue weighted by atomic mass is 79.9. The van der Waals surface area contributed by atoms with Crippen LogP contribution in [0.3, 0.4) is 0 Å². The summed E-state index contributed by atoms with van der Waals surface area (Å²) in [6, 6.07) is 14.2. The van der Waals surface area contributed by atoms with Gasteiger partial charge in [0.15, 0.2) is 0 Å². The fourth-order valence-electron chi connectivity index (χ4n) is 2.99. The first-order chi connectivity index (χ1) is 13.6. The maximum atomic E-state index is 12.4. The number of nitrogens with one attached hydrogen (secondary N) is 1. The number of carbonyl (C=O) groups excluding carboxylic acids is 2. The van der Waals surface area contributed by atoms with Crippen LogP contribution in [0.1, 0.15) is 33.8 Å². The molecule has 0 atom stereocenters. The quantitative estimate of drug-likeness (QED) is 0.672. The molecule has 142 valence electrons. The van der Waals surface area contributed by atoms with Crippen LogP contribution in [0.25, 0.3) is 5.69 Å². The molecular formula is C19H17BrN6O2. The van der Waals surface area contributed by atoms with Crippen molar-refractivity contribution in [3.8, 4) is 5.69 Å². The molecule has 1 saturated heterocycles. The second-order valence-electron chi connectivity index (χ2n) is 6.38. The number of amides is 2. The molecule has 1 fully saturated rings. The number of halogens is 1. The van der Waals surface area contributed by atoms with E-state index >= 15 is 0 Å². The molecule has 4 rings (SSSR count). The monoisotopic (exact) mass is 440 g/mol. The maximum Gasteiger partial charge on any atom is 0.295 e. The van der Waals surface area contributed by atoms with Gasteiger partial charge in [0.25, 0.3) is 17.6 Å². The van der Waals surface area contributed by atoms with Crippen molar-refractivity contribution < 1.29 is 9.59 Å². The Kier molecular flexibility index (Phi) is 5.16. The van der Waals surface area contributed by atoms with Crippen LogP contribution in [-0.4, -0.2) is 50.0 Å². The van der Waals surface area contributed by atoms with Crippen molar-refractivity contribution >= 4 is 33.4 Å². The third-order valence-electron chi connectivity index (χ3n) is 4.47. The summed E-state index contributed by atoms with van der Waals surface area (Å²) in [5.74, 6) is -0.313. The van der Waals surface area contributed by atoms with Gasteiger partial charge in [-0.25, -0.2) is 0 Å². The molecule has 1 aliphatic heterocycles. The molecule has 0 unspecified atom stereocenters. The lowest BCUT2D eigenvalue weighted by Crippen LogP contribution is -2.28. The summed E-state index contributed by atoms with van der Waals surface area (Å²) in [7, 11) is 0. The fourth-order valence-corrected chi connectivity index (χ4v) is 3.46. The largest absolute Gasteiger partial charge is 0.336 e. The summed E-state index contributed by atoms with van der Waals surface area (Å²) in [5.41, 5.74) is 1.83. The van der Waals surface area contributed by atoms with Gasteiger partial charge >= 0.3 is 0 Å². The number of rotatable bonds is 4. The Bertz CT molecular complexity index is 1010. The number of hydrogen-bond acceptors (Lipinski definition) is 5. The van der Waals surface area contributed by atoms with Crippen molar-refractivity contribution in [3.05, 3.63) is 64.4 Å². The summed E-state index contributed by atoms with van der Waals surface area (Å²) in [5, 5.41) is 14.9. The minimum atomic E-state index is -0.211. The maximum absolute atomic E-state index is 12.4. The van der Waals surface area contributed by atoms with E-state index in [0.29, 0.717) is 16.9 Å². The summed E-state index contributed by atoms with van der Waals surface area (Å²) in [6.07, 6.45) is 2.01. The van der Waals surface area contributed by atoms with Gasteiger partial charge in [-0.3, -0.25) is 9.59 Å². The van der Waals surface area contributed by atoms with Gasteiger partial charge in [-0.15, -0.1) is 15.0 Å². The summed E-state index contributed by atoms with van der Waals surface area (Å²) in [6.45, 7) is 1.47. The molecule has 8 nitrogen and oxygen atoms in total. The topological polar surface area (TPSA) is 93.0 Å². The minimum Gasteiger partial charge on any atom is -0.336 e. The van der Waals surface area contributed by atoms with Gasteiger partial charge in [0.05, 0.1) is 11.3 Å². The number of carbonyl (C=O) groups is 2. The van der Waals surface area contributed by atoms with Crippen LogP contribution in [0.15, 0.2) is 53.0 Å². The Labute approximate surface area is 169 Å². The van der Waals surface area contributed by atoms with Crippen molar-refractivity contribution in [2.75, 3.05) is 18.4 Å². The predicted molar refractivity (Wildman–Crippen MR) is 106 cm³/mol.